The summed E-state index contributed by atoms with van der Waals surface area (Å²) in [5, 5.41) is 0. The molecule has 2 aromatic rings. The van der Waals surface area contributed by atoms with Crippen molar-refractivity contribution in [2.45, 2.75) is 6.54 Å². The van der Waals surface area contributed by atoms with Gasteiger partial charge in [0.05, 0.1) is 4.47 Å². The average Bonchev–Trinajstić information content (AvgIpc) is 2.35. The summed E-state index contributed by atoms with van der Waals surface area (Å²) in [6.45, 7) is 0.368. The van der Waals surface area contributed by atoms with Crippen molar-refractivity contribution < 1.29 is 9.13 Å². The third-order valence-corrected chi connectivity index (χ3v) is 2.66. The Morgan fingerprint density at radius 1 is 1.29 bits per heavy atom. The lowest BCUT2D eigenvalue weighted by atomic mass is 10.3. The number of halogens is 2. The van der Waals surface area contributed by atoms with Crippen LogP contribution in [0.4, 0.5) is 4.39 Å². The van der Waals surface area contributed by atoms with Crippen molar-refractivity contribution in [1.29, 1.82) is 0 Å². The maximum atomic E-state index is 13.2. The minimum Gasteiger partial charge on any atom is -0.424 e. The first-order chi connectivity index (χ1) is 8.19. The van der Waals surface area contributed by atoms with Gasteiger partial charge in [0.25, 0.3) is 0 Å². The fraction of sp³-hybridized carbons (Fsp3) is 0.0909. The Kier molecular flexibility index (Phi) is 3.65. The summed E-state index contributed by atoms with van der Waals surface area (Å²) < 4.78 is 18.9. The van der Waals surface area contributed by atoms with Gasteiger partial charge in [-0.2, -0.15) is 0 Å². The van der Waals surface area contributed by atoms with Crippen molar-refractivity contribution in [2.24, 2.45) is 5.73 Å². The van der Waals surface area contributed by atoms with E-state index in [0.717, 1.165) is 5.56 Å². The SMILES string of the molecule is NCc1cnc(Oc2ccc(Br)c(F)c2)nc1. The molecule has 0 atom stereocenters. The van der Waals surface area contributed by atoms with Gasteiger partial charge in [-0.05, 0) is 28.1 Å². The van der Waals surface area contributed by atoms with Crippen molar-refractivity contribution in [3.8, 4) is 11.8 Å². The van der Waals surface area contributed by atoms with E-state index in [9.17, 15) is 4.39 Å². The maximum absolute atomic E-state index is 13.2. The summed E-state index contributed by atoms with van der Waals surface area (Å²) in [5.74, 6) is -0.0627. The lowest BCUT2D eigenvalue weighted by Crippen LogP contribution is -1.99. The van der Waals surface area contributed by atoms with Crippen LogP contribution >= 0.6 is 15.9 Å². The molecule has 1 heterocycles. The van der Waals surface area contributed by atoms with E-state index in [1.807, 2.05) is 0 Å². The Labute approximate surface area is 106 Å². The van der Waals surface area contributed by atoms with Crippen molar-refractivity contribution in [3.63, 3.8) is 0 Å². The van der Waals surface area contributed by atoms with E-state index in [1.165, 1.54) is 6.07 Å². The van der Waals surface area contributed by atoms with Gasteiger partial charge in [-0.15, -0.1) is 0 Å². The van der Waals surface area contributed by atoms with Crippen LogP contribution in [0.3, 0.4) is 0 Å². The number of ether oxygens (including phenoxy) is 1. The highest BCUT2D eigenvalue weighted by atomic mass is 79.9. The van der Waals surface area contributed by atoms with Crippen LogP contribution in [0.2, 0.25) is 0 Å². The normalized spacial score (nSPS) is 10.3. The molecule has 2 rings (SSSR count). The molecular weight excluding hydrogens is 289 g/mol. The van der Waals surface area contributed by atoms with Crippen LogP contribution in [-0.4, -0.2) is 9.97 Å². The highest BCUT2D eigenvalue weighted by Crippen LogP contribution is 2.23. The van der Waals surface area contributed by atoms with Gasteiger partial charge in [0, 0.05) is 30.6 Å². The van der Waals surface area contributed by atoms with Crippen molar-refractivity contribution in [3.05, 3.63) is 46.4 Å². The Morgan fingerprint density at radius 2 is 2.00 bits per heavy atom. The summed E-state index contributed by atoms with van der Waals surface area (Å²) in [6, 6.07) is 4.58. The first-order valence-electron chi connectivity index (χ1n) is 4.83. The van der Waals surface area contributed by atoms with Crippen LogP contribution in [0.1, 0.15) is 5.56 Å². The molecule has 0 amide bonds. The van der Waals surface area contributed by atoms with Gasteiger partial charge in [-0.25, -0.2) is 14.4 Å². The fourth-order valence-corrected chi connectivity index (χ4v) is 1.39. The van der Waals surface area contributed by atoms with Gasteiger partial charge < -0.3 is 10.5 Å². The van der Waals surface area contributed by atoms with Crippen LogP contribution in [0.25, 0.3) is 0 Å². The van der Waals surface area contributed by atoms with Crippen molar-refractivity contribution in [2.75, 3.05) is 0 Å². The summed E-state index contributed by atoms with van der Waals surface area (Å²) in [6.07, 6.45) is 3.13. The summed E-state index contributed by atoms with van der Waals surface area (Å²) in [4.78, 5) is 7.90. The van der Waals surface area contributed by atoms with Gasteiger partial charge in [-0.1, -0.05) is 0 Å². The third-order valence-electron chi connectivity index (χ3n) is 2.02. The molecule has 88 valence electrons. The molecule has 0 unspecified atom stereocenters. The standard InChI is InChI=1S/C11H9BrFN3O/c12-9-2-1-8(3-10(9)13)17-11-15-5-7(4-14)6-16-11/h1-3,5-6H,4,14H2. The number of aromatic nitrogens is 2. The average molecular weight is 298 g/mol. The zero-order valence-electron chi connectivity index (χ0n) is 8.73. The largest absolute Gasteiger partial charge is 0.424 e. The zero-order chi connectivity index (χ0) is 12.3. The van der Waals surface area contributed by atoms with Gasteiger partial charge >= 0.3 is 6.01 Å². The number of rotatable bonds is 3. The molecule has 0 saturated heterocycles. The second kappa shape index (κ2) is 5.20. The summed E-state index contributed by atoms with van der Waals surface area (Å²) in [7, 11) is 0. The summed E-state index contributed by atoms with van der Waals surface area (Å²) in [5.41, 5.74) is 6.22. The monoisotopic (exact) mass is 297 g/mol. The molecule has 2 N–H and O–H groups in total. The smallest absolute Gasteiger partial charge is 0.321 e. The minimum absolute atomic E-state index is 0.156. The van der Waals surface area contributed by atoms with Gasteiger partial charge in [-0.3, -0.25) is 0 Å². The highest BCUT2D eigenvalue weighted by Gasteiger charge is 2.04. The first-order valence-corrected chi connectivity index (χ1v) is 5.62. The third kappa shape index (κ3) is 2.98. The quantitative estimate of drug-likeness (QED) is 0.946. The maximum Gasteiger partial charge on any atom is 0.321 e. The number of hydrogen-bond acceptors (Lipinski definition) is 4. The Balaban J connectivity index is 2.16. The van der Waals surface area contributed by atoms with Gasteiger partial charge in [0.1, 0.15) is 11.6 Å². The van der Waals surface area contributed by atoms with Crippen LogP contribution in [0.5, 0.6) is 11.8 Å². The minimum atomic E-state index is -0.402. The number of nitrogens with two attached hydrogens (primary N) is 1. The fourth-order valence-electron chi connectivity index (χ4n) is 1.15. The lowest BCUT2D eigenvalue weighted by Gasteiger charge is -2.04. The predicted molar refractivity (Wildman–Crippen MR) is 64.1 cm³/mol. The zero-order valence-corrected chi connectivity index (χ0v) is 10.3. The topological polar surface area (TPSA) is 61.0 Å². The molecule has 1 aromatic heterocycles. The molecule has 4 nitrogen and oxygen atoms in total. The highest BCUT2D eigenvalue weighted by molar-refractivity contribution is 9.10. The molecule has 0 fully saturated rings. The van der Waals surface area contributed by atoms with E-state index < -0.39 is 5.82 Å². The molecule has 0 bridgehead atoms. The second-order valence-corrected chi connectivity index (χ2v) is 4.11. The predicted octanol–water partition coefficient (Wildman–Crippen LogP) is 2.63. The van der Waals surface area contributed by atoms with Crippen LogP contribution in [0, 0.1) is 5.82 Å². The Bertz CT molecular complexity index is 519. The van der Waals surface area contributed by atoms with E-state index >= 15 is 0 Å². The molecule has 0 saturated carbocycles. The molecule has 6 heteroatoms. The molecule has 0 spiro atoms. The first kappa shape index (κ1) is 11.9. The Hall–Kier alpha value is -1.53. The van der Waals surface area contributed by atoms with Crippen LogP contribution in [-0.2, 0) is 6.54 Å². The molecule has 0 radical (unpaired) electrons. The van der Waals surface area contributed by atoms with Crippen LogP contribution in [0.15, 0.2) is 35.1 Å². The van der Waals surface area contributed by atoms with E-state index in [-0.39, 0.29) is 6.01 Å². The van der Waals surface area contributed by atoms with E-state index in [1.54, 1.807) is 24.5 Å². The molecule has 0 aliphatic heterocycles. The van der Waals surface area contributed by atoms with Gasteiger partial charge in [0.15, 0.2) is 0 Å². The summed E-state index contributed by atoms with van der Waals surface area (Å²) >= 11 is 3.06. The molecular formula is C11H9BrFN3O. The number of nitrogens with zero attached hydrogens (tertiary/aromatic N) is 2. The number of benzene rings is 1. The molecule has 1 aromatic carbocycles. The van der Waals surface area contributed by atoms with Crippen molar-refractivity contribution >= 4 is 15.9 Å². The second-order valence-electron chi connectivity index (χ2n) is 3.26. The molecule has 17 heavy (non-hydrogen) atoms. The lowest BCUT2D eigenvalue weighted by molar-refractivity contribution is 0.437. The van der Waals surface area contributed by atoms with Crippen molar-refractivity contribution in [1.82, 2.24) is 9.97 Å². The number of hydrogen-bond donors (Lipinski definition) is 1. The van der Waals surface area contributed by atoms with E-state index in [4.69, 9.17) is 10.5 Å². The Morgan fingerprint density at radius 3 is 2.59 bits per heavy atom. The van der Waals surface area contributed by atoms with E-state index in [0.29, 0.717) is 16.8 Å². The van der Waals surface area contributed by atoms with E-state index in [2.05, 4.69) is 25.9 Å². The molecule has 0 aliphatic rings. The van der Waals surface area contributed by atoms with Gasteiger partial charge in [0.2, 0.25) is 0 Å². The molecule has 0 aliphatic carbocycles. The van der Waals surface area contributed by atoms with Crippen LogP contribution < -0.4 is 10.5 Å².